The minimum absolute atomic E-state index is 0. The third-order valence-electron chi connectivity index (χ3n) is 7.62. The molecule has 6 aromatic rings. The van der Waals surface area contributed by atoms with E-state index in [-0.39, 0.29) is 25.8 Å². The molecule has 0 fully saturated rings. The van der Waals surface area contributed by atoms with Crippen LogP contribution < -0.4 is 0 Å². The van der Waals surface area contributed by atoms with Gasteiger partial charge in [-0.15, -0.1) is 24.3 Å². The van der Waals surface area contributed by atoms with Crippen LogP contribution in [0.15, 0.2) is 158 Å². The van der Waals surface area contributed by atoms with Crippen molar-refractivity contribution in [2.24, 2.45) is 0 Å². The molecule has 0 aromatic heterocycles. The van der Waals surface area contributed by atoms with E-state index < -0.39 is 0 Å². The van der Waals surface area contributed by atoms with Gasteiger partial charge in [-0.1, -0.05) is 109 Å². The van der Waals surface area contributed by atoms with Crippen molar-refractivity contribution in [1.82, 2.24) is 4.90 Å². The van der Waals surface area contributed by atoms with Crippen molar-refractivity contribution >= 4 is 0 Å². The first-order valence-corrected chi connectivity index (χ1v) is 15.6. The standard InChI is InChI=1S/C29H29NO2.2C7H7.Hf/c1-30(20-18-24-14-8-16-26(28(24)31)22-10-4-2-5-11-22)21-19-25-15-9-17-27(29(25)32)23-12-6-3-7-13-23;2*1-7-5-3-2-4-6-7;/h2-17,31-32H,18-21H2,1H3;2*2-6H,1H2;/q;2*-1;. The molecule has 0 amide bonds. The van der Waals surface area contributed by atoms with Gasteiger partial charge in [0.1, 0.15) is 11.5 Å². The van der Waals surface area contributed by atoms with Gasteiger partial charge >= 0.3 is 0 Å². The Morgan fingerprint density at radius 1 is 0.447 bits per heavy atom. The Hall–Kier alpha value is -4.51. The molecule has 2 N–H and O–H groups in total. The van der Waals surface area contributed by atoms with Crippen molar-refractivity contribution in [2.45, 2.75) is 12.8 Å². The molecule has 0 saturated heterocycles. The molecule has 0 aliphatic heterocycles. The van der Waals surface area contributed by atoms with Crippen LogP contribution in [0, 0.1) is 13.8 Å². The van der Waals surface area contributed by atoms with Gasteiger partial charge in [0.2, 0.25) is 0 Å². The molecule has 0 heterocycles. The van der Waals surface area contributed by atoms with E-state index in [1.54, 1.807) is 0 Å². The van der Waals surface area contributed by atoms with E-state index >= 15 is 0 Å². The second kappa shape index (κ2) is 19.9. The Morgan fingerprint density at radius 3 is 1.06 bits per heavy atom. The fraction of sp³-hybridized carbons (Fsp3) is 0.116. The summed E-state index contributed by atoms with van der Waals surface area (Å²) >= 11 is 0. The van der Waals surface area contributed by atoms with Crippen LogP contribution in [0.1, 0.15) is 22.3 Å². The van der Waals surface area contributed by atoms with E-state index in [0.29, 0.717) is 11.5 Å². The minimum atomic E-state index is 0. The quantitative estimate of drug-likeness (QED) is 0.119. The number of para-hydroxylation sites is 2. The molecule has 238 valence electrons. The van der Waals surface area contributed by atoms with Gasteiger partial charge in [0, 0.05) is 50.1 Å². The van der Waals surface area contributed by atoms with Crippen molar-refractivity contribution in [3.05, 3.63) is 194 Å². The van der Waals surface area contributed by atoms with Gasteiger partial charge in [-0.2, -0.15) is 49.2 Å². The normalized spacial score (nSPS) is 10.1. The molecular weight excluding hydrogens is 741 g/mol. The van der Waals surface area contributed by atoms with Crippen LogP contribution in [0.25, 0.3) is 22.3 Å². The van der Waals surface area contributed by atoms with Crippen LogP contribution in [0.4, 0.5) is 0 Å². The van der Waals surface area contributed by atoms with E-state index in [1.807, 2.05) is 158 Å². The fourth-order valence-electron chi connectivity index (χ4n) is 4.98. The Labute approximate surface area is 300 Å². The molecule has 4 heteroatoms. The van der Waals surface area contributed by atoms with Crippen LogP contribution in [0.3, 0.4) is 0 Å². The third kappa shape index (κ3) is 12.0. The Kier molecular flexibility index (Phi) is 15.6. The monoisotopic (exact) mass is 785 g/mol. The number of hydrogen-bond acceptors (Lipinski definition) is 3. The average molecular weight is 784 g/mol. The smallest absolute Gasteiger partial charge is 0.126 e. The molecule has 0 saturated carbocycles. The number of phenolic OH excluding ortho intramolecular Hbond substituents is 2. The van der Waals surface area contributed by atoms with Gasteiger partial charge in [-0.25, -0.2) is 0 Å². The summed E-state index contributed by atoms with van der Waals surface area (Å²) in [6.45, 7) is 9.09. The molecule has 0 radical (unpaired) electrons. The van der Waals surface area contributed by atoms with Crippen LogP contribution in [0.5, 0.6) is 11.5 Å². The Morgan fingerprint density at radius 2 is 0.766 bits per heavy atom. The summed E-state index contributed by atoms with van der Waals surface area (Å²) in [5.74, 6) is 0.723. The number of rotatable bonds is 8. The molecule has 0 bridgehead atoms. The molecule has 0 atom stereocenters. The van der Waals surface area contributed by atoms with Crippen LogP contribution in [-0.4, -0.2) is 35.3 Å². The molecule has 3 nitrogen and oxygen atoms in total. The van der Waals surface area contributed by atoms with Crippen molar-refractivity contribution in [2.75, 3.05) is 20.1 Å². The predicted molar refractivity (Wildman–Crippen MR) is 194 cm³/mol. The third-order valence-corrected chi connectivity index (χ3v) is 7.62. The molecular formula is C43H43HfNO2-2. The number of phenols is 2. The summed E-state index contributed by atoms with van der Waals surface area (Å²) in [6.07, 6.45) is 1.53. The predicted octanol–water partition coefficient (Wildman–Crippen LogP) is 9.88. The average Bonchev–Trinajstić information content (AvgIpc) is 3.09. The van der Waals surface area contributed by atoms with Gasteiger partial charge in [-0.05, 0) is 42.1 Å². The largest absolute Gasteiger partial charge is 0.507 e. The van der Waals surface area contributed by atoms with Crippen molar-refractivity contribution in [3.8, 4) is 33.8 Å². The number of benzene rings is 6. The zero-order chi connectivity index (χ0) is 32.6. The summed E-state index contributed by atoms with van der Waals surface area (Å²) in [6, 6.07) is 51.6. The first-order valence-electron chi connectivity index (χ1n) is 15.6. The Balaban J connectivity index is 0.000000329. The van der Waals surface area contributed by atoms with E-state index in [0.717, 1.165) is 70.4 Å². The number of hydrogen-bond donors (Lipinski definition) is 2. The number of nitrogens with zero attached hydrogens (tertiary/aromatic N) is 1. The van der Waals surface area contributed by atoms with Crippen molar-refractivity contribution in [1.29, 1.82) is 0 Å². The first kappa shape index (κ1) is 37.0. The van der Waals surface area contributed by atoms with Gasteiger partial charge in [-0.3, -0.25) is 0 Å². The van der Waals surface area contributed by atoms with Crippen molar-refractivity contribution in [3.63, 3.8) is 0 Å². The van der Waals surface area contributed by atoms with E-state index in [9.17, 15) is 10.2 Å². The van der Waals surface area contributed by atoms with Crippen LogP contribution in [-0.2, 0) is 38.7 Å². The second-order valence-electron chi connectivity index (χ2n) is 11.1. The summed E-state index contributed by atoms with van der Waals surface area (Å²) < 4.78 is 0. The van der Waals surface area contributed by atoms with E-state index in [1.165, 1.54) is 0 Å². The minimum Gasteiger partial charge on any atom is -0.507 e. The maximum atomic E-state index is 10.8. The second-order valence-corrected chi connectivity index (χ2v) is 11.1. The zero-order valence-electron chi connectivity index (χ0n) is 27.1. The molecule has 0 spiro atoms. The number of aromatic hydroxyl groups is 2. The van der Waals surface area contributed by atoms with Gasteiger partial charge in [0.15, 0.2) is 0 Å². The molecule has 6 rings (SSSR count). The SMILES string of the molecule is CN(CCc1cccc(-c2ccccc2)c1O)CCc1cccc(-c2ccccc2)c1O.[CH2-]c1ccccc1.[CH2-]c1ccccc1.[Hf]. The summed E-state index contributed by atoms with van der Waals surface area (Å²) in [5, 5.41) is 21.6. The van der Waals surface area contributed by atoms with E-state index in [4.69, 9.17) is 0 Å². The summed E-state index contributed by atoms with van der Waals surface area (Å²) in [4.78, 5) is 2.24. The molecule has 6 aromatic carbocycles. The fourth-order valence-corrected chi connectivity index (χ4v) is 4.98. The molecule has 0 aliphatic rings. The molecule has 47 heavy (non-hydrogen) atoms. The Bertz CT molecular complexity index is 1600. The maximum Gasteiger partial charge on any atom is 0.126 e. The van der Waals surface area contributed by atoms with Crippen LogP contribution >= 0.6 is 0 Å². The topological polar surface area (TPSA) is 43.7 Å². The van der Waals surface area contributed by atoms with Crippen LogP contribution in [0.2, 0.25) is 0 Å². The summed E-state index contributed by atoms with van der Waals surface area (Å²) in [5.41, 5.74) is 7.83. The van der Waals surface area contributed by atoms with Gasteiger partial charge in [0.05, 0.1) is 0 Å². The van der Waals surface area contributed by atoms with Crippen molar-refractivity contribution < 1.29 is 36.1 Å². The maximum absolute atomic E-state index is 10.8. The molecule has 0 aliphatic carbocycles. The zero-order valence-corrected chi connectivity index (χ0v) is 30.7. The number of likely N-dealkylation sites (N-methyl/N-ethyl adjacent to an activating group) is 1. The first-order chi connectivity index (χ1) is 22.4. The van der Waals surface area contributed by atoms with Gasteiger partial charge < -0.3 is 15.1 Å². The molecule has 0 unspecified atom stereocenters. The van der Waals surface area contributed by atoms with Gasteiger partial charge in [0.25, 0.3) is 0 Å². The summed E-state index contributed by atoms with van der Waals surface area (Å²) in [7, 11) is 2.08. The van der Waals surface area contributed by atoms with E-state index in [2.05, 4.69) is 25.8 Å².